The van der Waals surface area contributed by atoms with Crippen molar-refractivity contribution in [2.24, 2.45) is 17.4 Å². The summed E-state index contributed by atoms with van der Waals surface area (Å²) in [6.45, 7) is 3.64. The number of aliphatic carboxylic acids is 1. The molecule has 0 aliphatic rings. The monoisotopic (exact) mass is 499 g/mol. The molecule has 0 spiro atoms. The SMILES string of the molecule is CC(C)CC(NC(=O)C(CS)NC(=O)C(N)Cc1cnc[nH]1)C(=O)NC(CCC(N)=O)C(=O)O. The van der Waals surface area contributed by atoms with Crippen molar-refractivity contribution >= 4 is 42.2 Å². The summed E-state index contributed by atoms with van der Waals surface area (Å²) < 4.78 is 0. The maximum Gasteiger partial charge on any atom is 0.326 e. The summed E-state index contributed by atoms with van der Waals surface area (Å²) in [5.74, 6) is -4.15. The highest BCUT2D eigenvalue weighted by atomic mass is 32.1. The molecule has 1 aromatic heterocycles. The van der Waals surface area contributed by atoms with Gasteiger partial charge < -0.3 is 37.5 Å². The van der Waals surface area contributed by atoms with Crippen LogP contribution in [0.5, 0.6) is 0 Å². The fraction of sp³-hybridized carbons (Fsp3) is 0.600. The molecular weight excluding hydrogens is 466 g/mol. The van der Waals surface area contributed by atoms with Crippen LogP contribution in [-0.2, 0) is 30.4 Å². The second-order valence-electron chi connectivity index (χ2n) is 8.23. The zero-order valence-corrected chi connectivity index (χ0v) is 20.0. The predicted molar refractivity (Wildman–Crippen MR) is 125 cm³/mol. The van der Waals surface area contributed by atoms with Gasteiger partial charge >= 0.3 is 5.97 Å². The molecule has 4 amide bonds. The molecule has 0 saturated heterocycles. The number of aromatic nitrogens is 2. The second kappa shape index (κ2) is 14.2. The Hall–Kier alpha value is -3.13. The molecular formula is C20H33N7O6S. The first kappa shape index (κ1) is 28.9. The molecule has 0 aliphatic carbocycles. The zero-order valence-electron chi connectivity index (χ0n) is 19.1. The lowest BCUT2D eigenvalue weighted by atomic mass is 10.0. The molecule has 0 aromatic carbocycles. The van der Waals surface area contributed by atoms with E-state index in [4.69, 9.17) is 11.5 Å². The first-order valence-electron chi connectivity index (χ1n) is 10.7. The molecule has 4 unspecified atom stereocenters. The Bertz CT molecular complexity index is 848. The molecule has 0 fully saturated rings. The average Bonchev–Trinajstić information content (AvgIpc) is 3.26. The number of thiol groups is 1. The molecule has 14 heteroatoms. The number of H-pyrrole nitrogens is 1. The third kappa shape index (κ3) is 10.2. The third-order valence-electron chi connectivity index (χ3n) is 4.78. The van der Waals surface area contributed by atoms with Crippen LogP contribution in [0.2, 0.25) is 0 Å². The third-order valence-corrected chi connectivity index (χ3v) is 5.15. The summed E-state index contributed by atoms with van der Waals surface area (Å²) in [4.78, 5) is 67.1. The van der Waals surface area contributed by atoms with Gasteiger partial charge in [-0.1, -0.05) is 13.8 Å². The van der Waals surface area contributed by atoms with Crippen LogP contribution in [0, 0.1) is 5.92 Å². The number of primary amides is 1. The van der Waals surface area contributed by atoms with Crippen molar-refractivity contribution in [2.45, 2.75) is 63.7 Å². The maximum absolute atomic E-state index is 12.8. The Labute approximate surface area is 202 Å². The molecule has 13 nitrogen and oxygen atoms in total. The van der Waals surface area contributed by atoms with E-state index >= 15 is 0 Å². The van der Waals surface area contributed by atoms with Gasteiger partial charge in [0, 0.05) is 30.5 Å². The fourth-order valence-electron chi connectivity index (χ4n) is 2.99. The molecule has 0 radical (unpaired) electrons. The normalized spacial score (nSPS) is 14.5. The first-order valence-corrected chi connectivity index (χ1v) is 11.3. The van der Waals surface area contributed by atoms with Crippen LogP contribution in [0.25, 0.3) is 0 Å². The number of rotatable bonds is 15. The largest absolute Gasteiger partial charge is 0.480 e. The summed E-state index contributed by atoms with van der Waals surface area (Å²) in [7, 11) is 0. The number of nitrogens with zero attached hydrogens (tertiary/aromatic N) is 1. The van der Waals surface area contributed by atoms with Gasteiger partial charge in [0.1, 0.15) is 18.1 Å². The van der Waals surface area contributed by atoms with Gasteiger partial charge in [0.25, 0.3) is 0 Å². The van der Waals surface area contributed by atoms with E-state index in [1.54, 1.807) is 0 Å². The lowest BCUT2D eigenvalue weighted by Crippen LogP contribution is -2.58. The number of nitrogens with one attached hydrogen (secondary N) is 4. The van der Waals surface area contributed by atoms with Gasteiger partial charge in [0.2, 0.25) is 23.6 Å². The summed E-state index contributed by atoms with van der Waals surface area (Å²) in [6.07, 6.45) is 2.93. The van der Waals surface area contributed by atoms with Crippen molar-refractivity contribution in [3.63, 3.8) is 0 Å². The highest BCUT2D eigenvalue weighted by Crippen LogP contribution is 2.08. The number of nitrogens with two attached hydrogens (primary N) is 2. The summed E-state index contributed by atoms with van der Waals surface area (Å²) in [6, 6.07) is -4.48. The number of imidazole rings is 1. The average molecular weight is 500 g/mol. The molecule has 0 bridgehead atoms. The van der Waals surface area contributed by atoms with Crippen LogP contribution >= 0.6 is 12.6 Å². The number of carbonyl (C=O) groups is 5. The lowest BCUT2D eigenvalue weighted by Gasteiger charge is -2.25. The lowest BCUT2D eigenvalue weighted by molar-refractivity contribution is -0.142. The molecule has 1 rings (SSSR count). The first-order chi connectivity index (χ1) is 15.9. The summed E-state index contributed by atoms with van der Waals surface area (Å²) in [5.41, 5.74) is 11.6. The predicted octanol–water partition coefficient (Wildman–Crippen LogP) is -1.94. The van der Waals surface area contributed by atoms with Crippen molar-refractivity contribution in [2.75, 3.05) is 5.75 Å². The Kier molecular flexibility index (Phi) is 12.1. The van der Waals surface area contributed by atoms with Crippen LogP contribution in [0.4, 0.5) is 0 Å². The van der Waals surface area contributed by atoms with Gasteiger partial charge in [-0.05, 0) is 18.8 Å². The van der Waals surface area contributed by atoms with Crippen LogP contribution < -0.4 is 27.4 Å². The maximum atomic E-state index is 12.8. The number of aromatic amines is 1. The van der Waals surface area contributed by atoms with Crippen molar-refractivity contribution in [1.29, 1.82) is 0 Å². The van der Waals surface area contributed by atoms with Crippen LogP contribution in [0.3, 0.4) is 0 Å². The van der Waals surface area contributed by atoms with Gasteiger partial charge in [0.15, 0.2) is 0 Å². The molecule has 4 atom stereocenters. The van der Waals surface area contributed by atoms with Crippen molar-refractivity contribution < 1.29 is 29.1 Å². The Morgan fingerprint density at radius 1 is 1.06 bits per heavy atom. The van der Waals surface area contributed by atoms with E-state index in [2.05, 4.69) is 38.5 Å². The van der Waals surface area contributed by atoms with Gasteiger partial charge in [0.05, 0.1) is 12.4 Å². The number of hydrogen-bond acceptors (Lipinski definition) is 8. The molecule has 1 heterocycles. The minimum Gasteiger partial charge on any atom is -0.480 e. The number of carboxylic acids is 1. The molecule has 0 aliphatic heterocycles. The topological polar surface area (TPSA) is 222 Å². The Morgan fingerprint density at radius 3 is 2.15 bits per heavy atom. The van der Waals surface area contributed by atoms with Crippen molar-refractivity contribution in [3.05, 3.63) is 18.2 Å². The van der Waals surface area contributed by atoms with Gasteiger partial charge in [-0.2, -0.15) is 12.6 Å². The molecule has 190 valence electrons. The quantitative estimate of drug-likeness (QED) is 0.126. The standard InChI is InChI=1S/C20H33N7O6S/c1-10(2)5-14(18(30)25-13(20(32)33)3-4-16(22)28)26-19(31)15(8-34)27-17(29)12(21)6-11-7-23-9-24-11/h7,9-10,12-15,34H,3-6,8,21H2,1-2H3,(H2,22,28)(H,23,24)(H,25,30)(H,26,31)(H,27,29)(H,32,33). The summed E-state index contributed by atoms with van der Waals surface area (Å²) in [5, 5.41) is 16.7. The smallest absolute Gasteiger partial charge is 0.326 e. The Morgan fingerprint density at radius 2 is 1.65 bits per heavy atom. The van der Waals surface area contributed by atoms with E-state index in [1.165, 1.54) is 12.5 Å². The second-order valence-corrected chi connectivity index (χ2v) is 8.59. The molecule has 0 saturated carbocycles. The number of amides is 4. The van der Waals surface area contributed by atoms with Gasteiger partial charge in [-0.3, -0.25) is 19.2 Å². The van der Waals surface area contributed by atoms with Crippen molar-refractivity contribution in [3.8, 4) is 0 Å². The highest BCUT2D eigenvalue weighted by Gasteiger charge is 2.30. The minimum absolute atomic E-state index is 0.0307. The molecule has 34 heavy (non-hydrogen) atoms. The Balaban J connectivity index is 2.81. The molecule has 1 aromatic rings. The van der Waals surface area contributed by atoms with E-state index < -0.39 is 53.8 Å². The highest BCUT2D eigenvalue weighted by molar-refractivity contribution is 7.80. The number of hydrogen-bond donors (Lipinski definition) is 8. The van der Waals surface area contributed by atoms with Crippen molar-refractivity contribution in [1.82, 2.24) is 25.9 Å². The van der Waals surface area contributed by atoms with Crippen LogP contribution in [-0.4, -0.2) is 74.6 Å². The number of carboxylic acid groups (broad SMARTS) is 1. The number of carbonyl (C=O) groups excluding carboxylic acids is 4. The molecule has 9 N–H and O–H groups in total. The van der Waals surface area contributed by atoms with E-state index in [9.17, 15) is 29.1 Å². The van der Waals surface area contributed by atoms with Crippen LogP contribution in [0.1, 0.15) is 38.8 Å². The van der Waals surface area contributed by atoms with E-state index in [0.29, 0.717) is 5.69 Å². The van der Waals surface area contributed by atoms with E-state index in [1.807, 2.05) is 13.8 Å². The van der Waals surface area contributed by atoms with Gasteiger partial charge in [-0.15, -0.1) is 0 Å². The zero-order chi connectivity index (χ0) is 25.8. The van der Waals surface area contributed by atoms with Gasteiger partial charge in [-0.25, -0.2) is 9.78 Å². The fourth-order valence-corrected chi connectivity index (χ4v) is 3.25. The van der Waals surface area contributed by atoms with E-state index in [-0.39, 0.29) is 37.4 Å². The minimum atomic E-state index is -1.35. The van der Waals surface area contributed by atoms with Crippen LogP contribution in [0.15, 0.2) is 12.5 Å². The summed E-state index contributed by atoms with van der Waals surface area (Å²) >= 11 is 4.11. The van der Waals surface area contributed by atoms with E-state index in [0.717, 1.165) is 0 Å².